The van der Waals surface area contributed by atoms with Crippen LogP contribution in [0.5, 0.6) is 11.5 Å². The Kier molecular flexibility index (Phi) is 6.18. The van der Waals surface area contributed by atoms with Crippen molar-refractivity contribution in [3.8, 4) is 17.6 Å². The van der Waals surface area contributed by atoms with Crippen LogP contribution in [0.25, 0.3) is 22.7 Å². The van der Waals surface area contributed by atoms with Crippen LogP contribution in [-0.4, -0.2) is 17.1 Å². The van der Waals surface area contributed by atoms with E-state index < -0.39 is 0 Å². The maximum absolute atomic E-state index is 13.9. The number of nitrogens with one attached hydrogen (secondary N) is 1. The van der Waals surface area contributed by atoms with Crippen molar-refractivity contribution in [2.75, 3.05) is 7.11 Å². The van der Waals surface area contributed by atoms with E-state index in [2.05, 4.69) is 38.6 Å². The normalized spacial score (nSPS) is 11.4. The number of benzene rings is 3. The number of allylic oxidation sites excluding steroid dienone is 1. The molecule has 0 amide bonds. The van der Waals surface area contributed by atoms with Crippen LogP contribution in [0.1, 0.15) is 17.0 Å². The van der Waals surface area contributed by atoms with Crippen LogP contribution in [-0.2, 0) is 6.61 Å². The van der Waals surface area contributed by atoms with Gasteiger partial charge in [0, 0.05) is 5.56 Å². The fourth-order valence-electron chi connectivity index (χ4n) is 3.13. The number of H-pyrrole nitrogens is 1. The van der Waals surface area contributed by atoms with Crippen molar-refractivity contribution in [3.63, 3.8) is 0 Å². The van der Waals surface area contributed by atoms with Crippen molar-refractivity contribution in [1.29, 1.82) is 5.26 Å². The number of methoxy groups -OCH3 is 1. The summed E-state index contributed by atoms with van der Waals surface area (Å²) in [4.78, 5) is 7.66. The van der Waals surface area contributed by atoms with Crippen LogP contribution >= 0.6 is 22.6 Å². The molecular weight excluding hydrogens is 508 g/mol. The average molecular weight is 525 g/mol. The van der Waals surface area contributed by atoms with Crippen LogP contribution in [0.4, 0.5) is 4.39 Å². The Bertz CT molecular complexity index is 1290. The fourth-order valence-corrected chi connectivity index (χ4v) is 3.91. The first-order valence-corrected chi connectivity index (χ1v) is 10.5. The number of para-hydroxylation sites is 2. The first-order valence-electron chi connectivity index (χ1n) is 9.39. The zero-order chi connectivity index (χ0) is 21.8. The van der Waals surface area contributed by atoms with E-state index in [1.807, 2.05) is 30.3 Å². The number of ether oxygens (including phenoxy) is 2. The summed E-state index contributed by atoms with van der Waals surface area (Å²) in [5, 5.41) is 9.68. The third-order valence-electron chi connectivity index (χ3n) is 4.66. The minimum Gasteiger partial charge on any atom is -0.493 e. The van der Waals surface area contributed by atoms with E-state index in [0.29, 0.717) is 28.5 Å². The summed E-state index contributed by atoms with van der Waals surface area (Å²) in [6.45, 7) is 0.0800. The lowest BCUT2D eigenvalue weighted by Crippen LogP contribution is -2.02. The van der Waals surface area contributed by atoms with E-state index >= 15 is 0 Å². The monoisotopic (exact) mass is 525 g/mol. The highest BCUT2D eigenvalue weighted by Crippen LogP contribution is 2.35. The fraction of sp³-hybridized carbons (Fsp3) is 0.0833. The lowest BCUT2D eigenvalue weighted by Gasteiger charge is -2.14. The Balaban J connectivity index is 1.65. The number of halogens is 2. The molecule has 0 fully saturated rings. The number of hydrogen-bond donors (Lipinski definition) is 1. The number of rotatable bonds is 6. The Morgan fingerprint density at radius 1 is 1.19 bits per heavy atom. The molecule has 3 aromatic carbocycles. The second-order valence-electron chi connectivity index (χ2n) is 6.69. The molecule has 5 nitrogen and oxygen atoms in total. The van der Waals surface area contributed by atoms with Gasteiger partial charge in [0.15, 0.2) is 11.5 Å². The number of imidazole rings is 1. The highest BCUT2D eigenvalue weighted by molar-refractivity contribution is 14.1. The first-order chi connectivity index (χ1) is 15.1. The quantitative estimate of drug-likeness (QED) is 0.249. The van der Waals surface area contributed by atoms with Crippen molar-refractivity contribution in [2.45, 2.75) is 6.61 Å². The van der Waals surface area contributed by atoms with Gasteiger partial charge in [0.05, 0.1) is 27.3 Å². The summed E-state index contributed by atoms with van der Waals surface area (Å²) >= 11 is 2.14. The largest absolute Gasteiger partial charge is 0.493 e. The van der Waals surface area contributed by atoms with Gasteiger partial charge < -0.3 is 14.5 Å². The minimum atomic E-state index is -0.319. The highest BCUT2D eigenvalue weighted by Gasteiger charge is 2.14. The van der Waals surface area contributed by atoms with Gasteiger partial charge in [-0.2, -0.15) is 5.26 Å². The van der Waals surface area contributed by atoms with Crippen LogP contribution in [0, 0.1) is 20.7 Å². The Morgan fingerprint density at radius 2 is 1.97 bits per heavy atom. The second-order valence-corrected chi connectivity index (χ2v) is 7.85. The van der Waals surface area contributed by atoms with Crippen molar-refractivity contribution in [3.05, 3.63) is 87.0 Å². The van der Waals surface area contributed by atoms with Crippen molar-refractivity contribution < 1.29 is 13.9 Å². The molecule has 1 heterocycles. The summed E-state index contributed by atoms with van der Waals surface area (Å²) in [5.74, 6) is 1.19. The lowest BCUT2D eigenvalue weighted by atomic mass is 10.1. The van der Waals surface area contributed by atoms with Gasteiger partial charge in [-0.05, 0) is 64.6 Å². The summed E-state index contributed by atoms with van der Waals surface area (Å²) in [6, 6.07) is 19.9. The van der Waals surface area contributed by atoms with E-state index in [9.17, 15) is 9.65 Å². The molecule has 154 valence electrons. The van der Waals surface area contributed by atoms with Gasteiger partial charge in [-0.3, -0.25) is 0 Å². The minimum absolute atomic E-state index is 0.0800. The Hall–Kier alpha value is -3.38. The molecule has 0 radical (unpaired) electrons. The smallest absolute Gasteiger partial charge is 0.174 e. The molecule has 0 spiro atoms. The number of nitriles is 1. The summed E-state index contributed by atoms with van der Waals surface area (Å²) in [6.07, 6.45) is 1.74. The van der Waals surface area contributed by atoms with Crippen LogP contribution < -0.4 is 9.47 Å². The Morgan fingerprint density at radius 3 is 2.71 bits per heavy atom. The number of nitrogens with zero attached hydrogens (tertiary/aromatic N) is 2. The van der Waals surface area contributed by atoms with Gasteiger partial charge in [-0.25, -0.2) is 9.37 Å². The molecule has 7 heteroatoms. The van der Waals surface area contributed by atoms with E-state index in [1.54, 1.807) is 37.5 Å². The zero-order valence-corrected chi connectivity index (χ0v) is 18.7. The molecule has 0 aliphatic rings. The van der Waals surface area contributed by atoms with Crippen molar-refractivity contribution in [2.24, 2.45) is 0 Å². The standard InChI is InChI=1S/C24H17FIN3O2/c1-30-22-12-15(10-17(13-27)24-28-20-8-4-5-9-21(20)29-24)11-19(26)23(22)31-14-16-6-2-3-7-18(16)25/h2-12H,14H2,1H3,(H,28,29)/b17-10+. The van der Waals surface area contributed by atoms with Crippen LogP contribution in [0.15, 0.2) is 60.7 Å². The van der Waals surface area contributed by atoms with Gasteiger partial charge in [-0.15, -0.1) is 0 Å². The van der Waals surface area contributed by atoms with E-state index in [-0.39, 0.29) is 12.4 Å². The lowest BCUT2D eigenvalue weighted by molar-refractivity contribution is 0.277. The predicted molar refractivity (Wildman–Crippen MR) is 126 cm³/mol. The third-order valence-corrected chi connectivity index (χ3v) is 5.46. The van der Waals surface area contributed by atoms with E-state index in [4.69, 9.17) is 9.47 Å². The molecule has 0 atom stereocenters. The topological polar surface area (TPSA) is 70.9 Å². The molecular formula is C24H17FIN3O2. The molecule has 0 bridgehead atoms. The molecule has 0 unspecified atom stereocenters. The molecule has 1 N–H and O–H groups in total. The molecule has 4 rings (SSSR count). The van der Waals surface area contributed by atoms with E-state index in [0.717, 1.165) is 20.2 Å². The first kappa shape index (κ1) is 20.9. The Labute approximate surface area is 192 Å². The summed E-state index contributed by atoms with van der Waals surface area (Å²) in [7, 11) is 1.54. The molecule has 0 aliphatic carbocycles. The predicted octanol–water partition coefficient (Wildman–Crippen LogP) is 5.96. The molecule has 1 aromatic heterocycles. The van der Waals surface area contributed by atoms with Gasteiger partial charge in [0.1, 0.15) is 24.3 Å². The number of hydrogen-bond acceptors (Lipinski definition) is 4. The molecule has 0 saturated carbocycles. The molecule has 0 saturated heterocycles. The molecule has 0 aliphatic heterocycles. The molecule has 31 heavy (non-hydrogen) atoms. The molecule has 4 aromatic rings. The van der Waals surface area contributed by atoms with Crippen LogP contribution in [0.2, 0.25) is 0 Å². The van der Waals surface area contributed by atoms with E-state index in [1.165, 1.54) is 6.07 Å². The summed E-state index contributed by atoms with van der Waals surface area (Å²) in [5.41, 5.74) is 3.27. The maximum Gasteiger partial charge on any atom is 0.174 e. The summed E-state index contributed by atoms with van der Waals surface area (Å²) < 4.78 is 26.0. The second kappa shape index (κ2) is 9.18. The van der Waals surface area contributed by atoms with Crippen LogP contribution in [0.3, 0.4) is 0 Å². The van der Waals surface area contributed by atoms with Gasteiger partial charge in [0.25, 0.3) is 0 Å². The van der Waals surface area contributed by atoms with Crippen molar-refractivity contribution >= 4 is 45.3 Å². The number of fused-ring (bicyclic) bond motifs is 1. The third kappa shape index (κ3) is 4.54. The number of aromatic nitrogens is 2. The van der Waals surface area contributed by atoms with Gasteiger partial charge in [0.2, 0.25) is 0 Å². The zero-order valence-electron chi connectivity index (χ0n) is 16.5. The average Bonchev–Trinajstić information content (AvgIpc) is 3.21. The van der Waals surface area contributed by atoms with Crippen molar-refractivity contribution in [1.82, 2.24) is 9.97 Å². The highest BCUT2D eigenvalue weighted by atomic mass is 127. The van der Waals surface area contributed by atoms with Gasteiger partial charge in [-0.1, -0.05) is 30.3 Å². The SMILES string of the molecule is COc1cc(/C=C(\C#N)c2nc3ccccc3[nH]2)cc(I)c1OCc1ccccc1F. The maximum atomic E-state index is 13.9. The number of aromatic amines is 1. The van der Waals surface area contributed by atoms with Gasteiger partial charge >= 0.3 is 0 Å².